The van der Waals surface area contributed by atoms with Gasteiger partial charge in [0.25, 0.3) is 0 Å². The predicted octanol–water partition coefficient (Wildman–Crippen LogP) is 3.00. The Morgan fingerprint density at radius 2 is 1.95 bits per heavy atom. The number of rotatable bonds is 3. The fraction of sp³-hybridized carbons (Fsp3) is 0.188. The predicted molar refractivity (Wildman–Crippen MR) is 79.1 cm³/mol. The Morgan fingerprint density at radius 1 is 1.15 bits per heavy atom. The van der Waals surface area contributed by atoms with Crippen LogP contribution in [-0.4, -0.2) is 4.98 Å². The number of hydrogen-bond donors (Lipinski definition) is 2. The molecule has 0 bridgehead atoms. The maximum atomic E-state index is 5.98. The smallest absolute Gasteiger partial charge is 0.137 e. The van der Waals surface area contributed by atoms with E-state index in [4.69, 9.17) is 10.3 Å². The summed E-state index contributed by atoms with van der Waals surface area (Å²) in [5.74, 6) is 6.49. The molecule has 2 heterocycles. The van der Waals surface area contributed by atoms with E-state index in [0.717, 1.165) is 33.6 Å². The number of benzene rings is 1. The lowest BCUT2D eigenvalue weighted by Crippen LogP contribution is -2.29. The number of hydrazine groups is 1. The normalized spacial score (nSPS) is 12.8. The van der Waals surface area contributed by atoms with Gasteiger partial charge >= 0.3 is 0 Å². The molecule has 3 aromatic rings. The largest absolute Gasteiger partial charge is 0.459 e. The molecule has 1 unspecified atom stereocenters. The summed E-state index contributed by atoms with van der Waals surface area (Å²) in [4.78, 5) is 4.42. The molecular weight excluding hydrogens is 250 g/mol. The Labute approximate surface area is 117 Å². The molecule has 0 saturated carbocycles. The van der Waals surface area contributed by atoms with Gasteiger partial charge in [0.05, 0.1) is 5.69 Å². The third-order valence-electron chi connectivity index (χ3n) is 3.53. The van der Waals surface area contributed by atoms with Crippen LogP contribution < -0.4 is 11.3 Å². The summed E-state index contributed by atoms with van der Waals surface area (Å²) in [6.45, 7) is 4.05. The molecule has 102 valence electrons. The van der Waals surface area contributed by atoms with Gasteiger partial charge in [0.2, 0.25) is 0 Å². The number of para-hydroxylation sites is 1. The highest BCUT2D eigenvalue weighted by molar-refractivity contribution is 5.81. The van der Waals surface area contributed by atoms with Crippen molar-refractivity contribution in [3.05, 3.63) is 65.2 Å². The topological polar surface area (TPSA) is 64.1 Å². The molecule has 2 aromatic heterocycles. The van der Waals surface area contributed by atoms with Crippen molar-refractivity contribution in [2.75, 3.05) is 0 Å². The first-order chi connectivity index (χ1) is 9.70. The molecule has 0 amide bonds. The van der Waals surface area contributed by atoms with E-state index in [1.165, 1.54) is 0 Å². The quantitative estimate of drug-likeness (QED) is 0.565. The van der Waals surface area contributed by atoms with Crippen LogP contribution in [0.4, 0.5) is 0 Å². The number of nitrogens with zero attached hydrogens (tertiary/aromatic N) is 1. The Bertz CT molecular complexity index is 748. The maximum absolute atomic E-state index is 5.98. The van der Waals surface area contributed by atoms with E-state index >= 15 is 0 Å². The Hall–Kier alpha value is -2.17. The fourth-order valence-corrected chi connectivity index (χ4v) is 2.47. The number of nitrogens with one attached hydrogen (secondary N) is 1. The van der Waals surface area contributed by atoms with E-state index in [1.807, 2.05) is 50.2 Å². The highest BCUT2D eigenvalue weighted by Crippen LogP contribution is 2.29. The number of pyridine rings is 1. The lowest BCUT2D eigenvalue weighted by atomic mass is 10.1. The maximum Gasteiger partial charge on any atom is 0.137 e. The van der Waals surface area contributed by atoms with Crippen LogP contribution in [0.15, 0.2) is 47.0 Å². The van der Waals surface area contributed by atoms with Gasteiger partial charge in [-0.1, -0.05) is 24.3 Å². The van der Waals surface area contributed by atoms with Crippen LogP contribution in [0.1, 0.15) is 28.6 Å². The molecule has 0 saturated heterocycles. The molecule has 3 N–H and O–H groups in total. The fourth-order valence-electron chi connectivity index (χ4n) is 2.47. The average Bonchev–Trinajstić information content (AvgIpc) is 2.87. The summed E-state index contributed by atoms with van der Waals surface area (Å²) in [5, 5.41) is 1.08. The molecule has 0 aliphatic rings. The van der Waals surface area contributed by atoms with Crippen LogP contribution in [0.2, 0.25) is 0 Å². The highest BCUT2D eigenvalue weighted by atomic mass is 16.3. The number of aryl methyl sites for hydroxylation is 2. The van der Waals surface area contributed by atoms with Crippen molar-refractivity contribution in [1.29, 1.82) is 0 Å². The second kappa shape index (κ2) is 5.07. The summed E-state index contributed by atoms with van der Waals surface area (Å²) >= 11 is 0. The number of fused-ring (bicyclic) bond motifs is 1. The third-order valence-corrected chi connectivity index (χ3v) is 3.53. The van der Waals surface area contributed by atoms with E-state index in [2.05, 4.69) is 10.4 Å². The minimum Gasteiger partial charge on any atom is -0.459 e. The van der Waals surface area contributed by atoms with E-state index < -0.39 is 0 Å². The van der Waals surface area contributed by atoms with Gasteiger partial charge in [-0.2, -0.15) is 0 Å². The van der Waals surface area contributed by atoms with Crippen molar-refractivity contribution >= 4 is 11.0 Å². The molecule has 1 atom stereocenters. The minimum absolute atomic E-state index is 0.247. The van der Waals surface area contributed by atoms with Crippen molar-refractivity contribution < 1.29 is 4.42 Å². The zero-order chi connectivity index (χ0) is 14.1. The average molecular weight is 267 g/mol. The molecule has 0 fully saturated rings. The van der Waals surface area contributed by atoms with Gasteiger partial charge in [-0.15, -0.1) is 0 Å². The zero-order valence-corrected chi connectivity index (χ0v) is 11.6. The van der Waals surface area contributed by atoms with Gasteiger partial charge in [0.1, 0.15) is 17.4 Å². The second-order valence-corrected chi connectivity index (χ2v) is 4.95. The number of aromatic nitrogens is 1. The molecule has 4 heteroatoms. The second-order valence-electron chi connectivity index (χ2n) is 4.95. The SMILES string of the molecule is Cc1cccnc1C(NN)c1cc2cccc(C)c2o1. The van der Waals surface area contributed by atoms with Crippen LogP contribution in [-0.2, 0) is 0 Å². The summed E-state index contributed by atoms with van der Waals surface area (Å²) in [5.41, 5.74) is 6.77. The van der Waals surface area contributed by atoms with Crippen LogP contribution in [0.25, 0.3) is 11.0 Å². The van der Waals surface area contributed by atoms with Gasteiger partial charge in [-0.05, 0) is 37.1 Å². The van der Waals surface area contributed by atoms with Crippen molar-refractivity contribution in [3.63, 3.8) is 0 Å². The number of hydrogen-bond acceptors (Lipinski definition) is 4. The van der Waals surface area contributed by atoms with Gasteiger partial charge in [0, 0.05) is 11.6 Å². The van der Waals surface area contributed by atoms with Crippen molar-refractivity contribution in [2.24, 2.45) is 5.84 Å². The van der Waals surface area contributed by atoms with Crippen molar-refractivity contribution in [3.8, 4) is 0 Å². The molecule has 3 rings (SSSR count). The summed E-state index contributed by atoms with van der Waals surface area (Å²) < 4.78 is 5.98. The van der Waals surface area contributed by atoms with E-state index in [-0.39, 0.29) is 6.04 Å². The van der Waals surface area contributed by atoms with Crippen molar-refractivity contribution in [2.45, 2.75) is 19.9 Å². The van der Waals surface area contributed by atoms with E-state index in [1.54, 1.807) is 6.20 Å². The first-order valence-electron chi connectivity index (χ1n) is 6.57. The summed E-state index contributed by atoms with van der Waals surface area (Å²) in [6, 6.07) is 11.8. The van der Waals surface area contributed by atoms with E-state index in [0.29, 0.717) is 0 Å². The van der Waals surface area contributed by atoms with Crippen LogP contribution in [0, 0.1) is 13.8 Å². The van der Waals surface area contributed by atoms with Gasteiger partial charge in [0.15, 0.2) is 0 Å². The van der Waals surface area contributed by atoms with Gasteiger partial charge < -0.3 is 4.42 Å². The van der Waals surface area contributed by atoms with Crippen LogP contribution >= 0.6 is 0 Å². The molecule has 0 radical (unpaired) electrons. The Balaban J connectivity index is 2.12. The number of nitrogens with two attached hydrogens (primary N) is 1. The molecule has 0 aliphatic heterocycles. The third kappa shape index (κ3) is 2.09. The molecular formula is C16H17N3O. The standard InChI is InChI=1S/C16H17N3O/c1-10-6-4-8-18-14(10)15(19-17)13-9-12-7-3-5-11(2)16(12)20-13/h3-9,15,19H,17H2,1-2H3. The zero-order valence-electron chi connectivity index (χ0n) is 11.6. The van der Waals surface area contributed by atoms with Crippen LogP contribution in [0.5, 0.6) is 0 Å². The Kier molecular flexibility index (Phi) is 3.26. The molecule has 1 aromatic carbocycles. The van der Waals surface area contributed by atoms with Gasteiger partial charge in [-0.25, -0.2) is 5.43 Å². The lowest BCUT2D eigenvalue weighted by molar-refractivity contribution is 0.469. The Morgan fingerprint density at radius 3 is 2.65 bits per heavy atom. The summed E-state index contributed by atoms with van der Waals surface area (Å²) in [7, 11) is 0. The molecule has 20 heavy (non-hydrogen) atoms. The minimum atomic E-state index is -0.247. The van der Waals surface area contributed by atoms with E-state index in [9.17, 15) is 0 Å². The molecule has 0 aliphatic carbocycles. The van der Waals surface area contributed by atoms with Gasteiger partial charge in [-0.3, -0.25) is 10.8 Å². The van der Waals surface area contributed by atoms with Crippen molar-refractivity contribution in [1.82, 2.24) is 10.4 Å². The lowest BCUT2D eigenvalue weighted by Gasteiger charge is -2.14. The van der Waals surface area contributed by atoms with Crippen LogP contribution in [0.3, 0.4) is 0 Å². The molecule has 4 nitrogen and oxygen atoms in total. The first kappa shape index (κ1) is 12.8. The monoisotopic (exact) mass is 267 g/mol. The summed E-state index contributed by atoms with van der Waals surface area (Å²) in [6.07, 6.45) is 1.76. The highest BCUT2D eigenvalue weighted by Gasteiger charge is 2.20. The molecule has 0 spiro atoms. The number of furan rings is 1. The first-order valence-corrected chi connectivity index (χ1v) is 6.57.